The number of hydrogen-bond donors (Lipinski definition) is 1. The molecule has 1 unspecified atom stereocenters. The third-order valence-electron chi connectivity index (χ3n) is 2.31. The van der Waals surface area contributed by atoms with E-state index in [1.807, 2.05) is 11.3 Å². The predicted octanol–water partition coefficient (Wildman–Crippen LogP) is 2.66. The van der Waals surface area contributed by atoms with Crippen molar-refractivity contribution in [1.82, 2.24) is 5.32 Å². The molecular weight excluding hydrogens is 194 g/mol. The first-order valence-corrected chi connectivity index (χ1v) is 5.80. The highest BCUT2D eigenvalue weighted by molar-refractivity contribution is 7.12. The summed E-state index contributed by atoms with van der Waals surface area (Å²) in [7, 11) is 1.75. The molecule has 0 aliphatic heterocycles. The van der Waals surface area contributed by atoms with Gasteiger partial charge >= 0.3 is 0 Å². The van der Waals surface area contributed by atoms with Gasteiger partial charge in [-0.1, -0.05) is 6.92 Å². The lowest BCUT2D eigenvalue weighted by Crippen LogP contribution is -2.23. The number of hydrogen-bond acceptors (Lipinski definition) is 3. The molecule has 0 aliphatic carbocycles. The average molecular weight is 213 g/mol. The molecule has 0 saturated heterocycles. The van der Waals surface area contributed by atoms with Crippen LogP contribution < -0.4 is 5.32 Å². The minimum absolute atomic E-state index is 0.349. The van der Waals surface area contributed by atoms with Crippen molar-refractivity contribution in [3.63, 3.8) is 0 Å². The molecule has 1 heterocycles. The van der Waals surface area contributed by atoms with E-state index in [0.717, 1.165) is 13.2 Å². The van der Waals surface area contributed by atoms with Gasteiger partial charge in [-0.15, -0.1) is 11.3 Å². The molecule has 1 aromatic heterocycles. The standard InChI is InChI=1S/C11H19NOS/c1-5-12-10(7-13-4)11-6-8(2)9(3)14-11/h6,10,12H,5,7H2,1-4H3. The van der Waals surface area contributed by atoms with Gasteiger partial charge in [-0.3, -0.25) is 0 Å². The van der Waals surface area contributed by atoms with Crippen molar-refractivity contribution in [1.29, 1.82) is 0 Å². The van der Waals surface area contributed by atoms with Crippen LogP contribution in [0.1, 0.15) is 28.3 Å². The Hall–Kier alpha value is -0.380. The highest BCUT2D eigenvalue weighted by atomic mass is 32.1. The summed E-state index contributed by atoms with van der Waals surface area (Å²) in [5.74, 6) is 0. The second-order valence-electron chi connectivity index (χ2n) is 3.45. The summed E-state index contributed by atoms with van der Waals surface area (Å²) in [6.07, 6.45) is 0. The Kier molecular flexibility index (Phi) is 4.58. The van der Waals surface area contributed by atoms with Crippen LogP contribution in [0.4, 0.5) is 0 Å². The van der Waals surface area contributed by atoms with E-state index in [1.165, 1.54) is 15.3 Å². The molecule has 0 aromatic carbocycles. The van der Waals surface area contributed by atoms with Crippen LogP contribution in [-0.2, 0) is 4.74 Å². The maximum absolute atomic E-state index is 5.20. The Labute approximate surface area is 90.3 Å². The SMILES string of the molecule is CCNC(COC)c1cc(C)c(C)s1. The van der Waals surface area contributed by atoms with Crippen LogP contribution in [-0.4, -0.2) is 20.3 Å². The smallest absolute Gasteiger partial charge is 0.0665 e. The van der Waals surface area contributed by atoms with Gasteiger partial charge in [0.2, 0.25) is 0 Å². The van der Waals surface area contributed by atoms with Gasteiger partial charge in [0.1, 0.15) is 0 Å². The number of thiophene rings is 1. The topological polar surface area (TPSA) is 21.3 Å². The van der Waals surface area contributed by atoms with Gasteiger partial charge in [0.05, 0.1) is 12.6 Å². The Balaban J connectivity index is 2.76. The first kappa shape index (κ1) is 11.7. The number of nitrogens with one attached hydrogen (secondary N) is 1. The van der Waals surface area contributed by atoms with Gasteiger partial charge in [-0.2, -0.15) is 0 Å². The van der Waals surface area contributed by atoms with Crippen LogP contribution in [0.3, 0.4) is 0 Å². The van der Waals surface area contributed by atoms with Crippen molar-refractivity contribution in [2.24, 2.45) is 0 Å². The van der Waals surface area contributed by atoms with Crippen molar-refractivity contribution < 1.29 is 4.74 Å². The van der Waals surface area contributed by atoms with Gasteiger partial charge in [0, 0.05) is 16.9 Å². The normalized spacial score (nSPS) is 13.1. The number of rotatable bonds is 5. The summed E-state index contributed by atoms with van der Waals surface area (Å²) in [6.45, 7) is 8.16. The Morgan fingerprint density at radius 3 is 2.64 bits per heavy atom. The zero-order valence-electron chi connectivity index (χ0n) is 9.39. The second kappa shape index (κ2) is 5.49. The maximum atomic E-state index is 5.20. The summed E-state index contributed by atoms with van der Waals surface area (Å²) >= 11 is 1.86. The molecule has 3 heteroatoms. The number of aryl methyl sites for hydroxylation is 2. The first-order chi connectivity index (χ1) is 6.69. The quantitative estimate of drug-likeness (QED) is 0.812. The minimum atomic E-state index is 0.349. The fraction of sp³-hybridized carbons (Fsp3) is 0.636. The van der Waals surface area contributed by atoms with Gasteiger partial charge < -0.3 is 10.1 Å². The molecule has 1 atom stereocenters. The highest BCUT2D eigenvalue weighted by Crippen LogP contribution is 2.26. The van der Waals surface area contributed by atoms with E-state index in [0.29, 0.717) is 6.04 Å². The number of ether oxygens (including phenoxy) is 1. The molecule has 1 rings (SSSR count). The summed E-state index contributed by atoms with van der Waals surface area (Å²) < 4.78 is 5.20. The van der Waals surface area contributed by atoms with Crippen molar-refractivity contribution in [3.8, 4) is 0 Å². The van der Waals surface area contributed by atoms with Gasteiger partial charge in [0.25, 0.3) is 0 Å². The molecule has 0 bridgehead atoms. The largest absolute Gasteiger partial charge is 0.383 e. The molecule has 0 radical (unpaired) electrons. The van der Waals surface area contributed by atoms with Gasteiger partial charge in [-0.25, -0.2) is 0 Å². The predicted molar refractivity (Wildman–Crippen MR) is 62.1 cm³/mol. The van der Waals surface area contributed by atoms with Crippen LogP contribution in [0.5, 0.6) is 0 Å². The lowest BCUT2D eigenvalue weighted by Gasteiger charge is -2.14. The first-order valence-electron chi connectivity index (χ1n) is 4.98. The van der Waals surface area contributed by atoms with Crippen LogP contribution in [0.2, 0.25) is 0 Å². The third kappa shape index (κ3) is 2.80. The van der Waals surface area contributed by atoms with E-state index < -0.39 is 0 Å². The molecular formula is C11H19NOS. The Morgan fingerprint density at radius 2 is 2.21 bits per heavy atom. The second-order valence-corrected chi connectivity index (χ2v) is 4.74. The van der Waals surface area contributed by atoms with Crippen LogP contribution in [0, 0.1) is 13.8 Å². The zero-order chi connectivity index (χ0) is 10.6. The van der Waals surface area contributed by atoms with Gasteiger partial charge in [0.15, 0.2) is 0 Å². The maximum Gasteiger partial charge on any atom is 0.0665 e. The summed E-state index contributed by atoms with van der Waals surface area (Å²) in [6, 6.07) is 2.61. The van der Waals surface area contributed by atoms with Crippen LogP contribution in [0.15, 0.2) is 6.07 Å². The monoisotopic (exact) mass is 213 g/mol. The molecule has 14 heavy (non-hydrogen) atoms. The molecule has 2 nitrogen and oxygen atoms in total. The zero-order valence-corrected chi connectivity index (χ0v) is 10.2. The average Bonchev–Trinajstić information content (AvgIpc) is 2.47. The van der Waals surface area contributed by atoms with Crippen molar-refractivity contribution in [3.05, 3.63) is 21.4 Å². The number of methoxy groups -OCH3 is 1. The van der Waals surface area contributed by atoms with E-state index in [4.69, 9.17) is 4.74 Å². The number of likely N-dealkylation sites (N-methyl/N-ethyl adjacent to an activating group) is 1. The van der Waals surface area contributed by atoms with E-state index >= 15 is 0 Å². The van der Waals surface area contributed by atoms with Crippen molar-refractivity contribution >= 4 is 11.3 Å². The van der Waals surface area contributed by atoms with Crippen LogP contribution >= 0.6 is 11.3 Å². The minimum Gasteiger partial charge on any atom is -0.383 e. The fourth-order valence-electron chi connectivity index (χ4n) is 1.43. The Bertz CT molecular complexity index is 257. The van der Waals surface area contributed by atoms with E-state index in [9.17, 15) is 0 Å². The molecule has 0 spiro atoms. The Morgan fingerprint density at radius 1 is 1.50 bits per heavy atom. The molecule has 0 amide bonds. The third-order valence-corrected chi connectivity index (χ3v) is 3.58. The molecule has 80 valence electrons. The summed E-state index contributed by atoms with van der Waals surface area (Å²) in [5.41, 5.74) is 1.38. The lowest BCUT2D eigenvalue weighted by molar-refractivity contribution is 0.169. The lowest BCUT2D eigenvalue weighted by atomic mass is 10.2. The van der Waals surface area contributed by atoms with Crippen LogP contribution in [0.25, 0.3) is 0 Å². The van der Waals surface area contributed by atoms with E-state index in [1.54, 1.807) is 7.11 Å². The van der Waals surface area contributed by atoms with Crippen molar-refractivity contribution in [2.75, 3.05) is 20.3 Å². The van der Waals surface area contributed by atoms with E-state index in [-0.39, 0.29) is 0 Å². The fourth-order valence-corrected chi connectivity index (χ4v) is 2.53. The molecule has 1 aromatic rings. The molecule has 1 N–H and O–H groups in total. The highest BCUT2D eigenvalue weighted by Gasteiger charge is 2.13. The summed E-state index contributed by atoms with van der Waals surface area (Å²) in [5, 5.41) is 3.43. The molecule has 0 aliphatic rings. The van der Waals surface area contributed by atoms with Crippen molar-refractivity contribution in [2.45, 2.75) is 26.8 Å². The molecule has 0 saturated carbocycles. The van der Waals surface area contributed by atoms with Gasteiger partial charge in [-0.05, 0) is 32.0 Å². The summed E-state index contributed by atoms with van der Waals surface area (Å²) in [4.78, 5) is 2.78. The molecule has 0 fully saturated rings. The van der Waals surface area contributed by atoms with E-state index in [2.05, 4.69) is 32.2 Å².